The summed E-state index contributed by atoms with van der Waals surface area (Å²) in [7, 11) is 0. The molecule has 0 aromatic heterocycles. The summed E-state index contributed by atoms with van der Waals surface area (Å²) in [6, 6.07) is 6.98. The number of rotatable bonds is 7. The number of carbonyl (C=O) groups is 3. The summed E-state index contributed by atoms with van der Waals surface area (Å²) in [5, 5.41) is 14.9. The van der Waals surface area contributed by atoms with Crippen molar-refractivity contribution in [1.82, 2.24) is 5.32 Å². The maximum absolute atomic E-state index is 11.7. The van der Waals surface area contributed by atoms with E-state index in [1.165, 1.54) is 6.92 Å². The monoisotopic (exact) mass is 306 g/mol. The van der Waals surface area contributed by atoms with E-state index in [4.69, 9.17) is 0 Å². The van der Waals surface area contributed by atoms with E-state index in [0.29, 0.717) is 12.2 Å². The van der Waals surface area contributed by atoms with Gasteiger partial charge in [-0.25, -0.2) is 0 Å². The van der Waals surface area contributed by atoms with Crippen molar-refractivity contribution in [2.45, 2.75) is 45.8 Å². The molecule has 2 amide bonds. The summed E-state index contributed by atoms with van der Waals surface area (Å²) in [5.41, 5.74) is 0.427. The van der Waals surface area contributed by atoms with Gasteiger partial charge in [-0.05, 0) is 38.5 Å². The Morgan fingerprint density at radius 3 is 2.18 bits per heavy atom. The highest BCUT2D eigenvalue weighted by molar-refractivity contribution is 5.96. The van der Waals surface area contributed by atoms with Crippen LogP contribution in [0.3, 0.4) is 0 Å². The minimum Gasteiger partial charge on any atom is -0.390 e. The quantitative estimate of drug-likeness (QED) is 0.663. The van der Waals surface area contributed by atoms with Crippen molar-refractivity contribution in [3.05, 3.63) is 29.8 Å². The van der Waals surface area contributed by atoms with Gasteiger partial charge in [-0.3, -0.25) is 14.4 Å². The molecule has 0 unspecified atom stereocenters. The molecule has 0 aliphatic heterocycles. The van der Waals surface area contributed by atoms with E-state index in [-0.39, 0.29) is 30.4 Å². The van der Waals surface area contributed by atoms with Gasteiger partial charge in [0.15, 0.2) is 0 Å². The van der Waals surface area contributed by atoms with Crippen LogP contribution in [0.4, 0.5) is 5.69 Å². The molecule has 0 spiro atoms. The Labute approximate surface area is 129 Å². The van der Waals surface area contributed by atoms with E-state index >= 15 is 0 Å². The molecule has 0 saturated carbocycles. The van der Waals surface area contributed by atoms with Gasteiger partial charge in [-0.15, -0.1) is 0 Å². The molecule has 1 aromatic rings. The lowest BCUT2D eigenvalue weighted by Gasteiger charge is -2.16. The molecule has 1 aromatic carbocycles. The van der Waals surface area contributed by atoms with Crippen LogP contribution in [-0.2, 0) is 20.9 Å². The molecule has 0 bridgehead atoms. The van der Waals surface area contributed by atoms with Gasteiger partial charge < -0.3 is 15.7 Å². The van der Waals surface area contributed by atoms with Crippen LogP contribution in [0.25, 0.3) is 0 Å². The average Bonchev–Trinajstić information content (AvgIpc) is 2.34. The maximum Gasteiger partial charge on any atom is 0.227 e. The number of hydrogen-bond donors (Lipinski definition) is 3. The van der Waals surface area contributed by atoms with Crippen LogP contribution < -0.4 is 10.6 Å². The van der Waals surface area contributed by atoms with Crippen molar-refractivity contribution in [3.8, 4) is 0 Å². The van der Waals surface area contributed by atoms with Crippen LogP contribution in [0.15, 0.2) is 24.3 Å². The fraction of sp³-hybridized carbons (Fsp3) is 0.438. The Morgan fingerprint density at radius 2 is 1.68 bits per heavy atom. The van der Waals surface area contributed by atoms with Crippen LogP contribution in [0.2, 0.25) is 0 Å². The van der Waals surface area contributed by atoms with Gasteiger partial charge in [0, 0.05) is 12.2 Å². The molecule has 0 saturated heterocycles. The Balaban J connectivity index is 2.48. The smallest absolute Gasteiger partial charge is 0.227 e. The summed E-state index contributed by atoms with van der Waals surface area (Å²) >= 11 is 0. The third-order valence-corrected chi connectivity index (χ3v) is 2.73. The molecule has 0 heterocycles. The van der Waals surface area contributed by atoms with Crippen LogP contribution in [0.1, 0.15) is 39.2 Å². The molecule has 0 fully saturated rings. The Hall–Kier alpha value is -2.21. The van der Waals surface area contributed by atoms with Gasteiger partial charge in [0.25, 0.3) is 0 Å². The number of hydrogen-bond acceptors (Lipinski definition) is 4. The second-order valence-corrected chi connectivity index (χ2v) is 5.89. The lowest BCUT2D eigenvalue weighted by atomic mass is 10.1. The van der Waals surface area contributed by atoms with E-state index in [9.17, 15) is 19.5 Å². The fourth-order valence-corrected chi connectivity index (χ4v) is 1.79. The predicted molar refractivity (Wildman–Crippen MR) is 83.1 cm³/mol. The summed E-state index contributed by atoms with van der Waals surface area (Å²) in [5.74, 6) is -0.757. The molecule has 0 radical (unpaired) electrons. The van der Waals surface area contributed by atoms with Crippen LogP contribution >= 0.6 is 0 Å². The fourth-order valence-electron chi connectivity index (χ4n) is 1.79. The van der Waals surface area contributed by atoms with Crippen molar-refractivity contribution in [2.24, 2.45) is 0 Å². The van der Waals surface area contributed by atoms with Gasteiger partial charge >= 0.3 is 0 Å². The molecule has 0 atom stereocenters. The van der Waals surface area contributed by atoms with E-state index < -0.39 is 5.60 Å². The molecule has 0 aliphatic rings. The van der Waals surface area contributed by atoms with E-state index in [1.807, 2.05) is 0 Å². The highest BCUT2D eigenvalue weighted by Gasteiger charge is 2.17. The van der Waals surface area contributed by atoms with Crippen LogP contribution in [-0.4, -0.2) is 28.3 Å². The summed E-state index contributed by atoms with van der Waals surface area (Å²) in [6.07, 6.45) is -0.110. The number of benzene rings is 1. The summed E-state index contributed by atoms with van der Waals surface area (Å²) in [6.45, 7) is 4.83. The van der Waals surface area contributed by atoms with Crippen molar-refractivity contribution in [2.75, 3.05) is 5.32 Å². The molecule has 1 rings (SSSR count). The lowest BCUT2D eigenvalue weighted by Crippen LogP contribution is -2.27. The first kappa shape index (κ1) is 17.8. The van der Waals surface area contributed by atoms with Gasteiger partial charge in [0.2, 0.25) is 11.8 Å². The molecular formula is C16H22N2O4. The molecule has 6 heteroatoms. The SMILES string of the molecule is CC(=O)CC(=O)NCc1ccc(NC(=O)CC(C)(C)O)cc1. The van der Waals surface area contributed by atoms with Gasteiger partial charge in [-0.1, -0.05) is 12.1 Å². The topological polar surface area (TPSA) is 95.5 Å². The van der Waals surface area contributed by atoms with Crippen molar-refractivity contribution < 1.29 is 19.5 Å². The number of nitrogens with one attached hydrogen (secondary N) is 2. The van der Waals surface area contributed by atoms with Gasteiger partial charge in [0.05, 0.1) is 18.4 Å². The predicted octanol–water partition coefficient (Wildman–Crippen LogP) is 1.38. The zero-order valence-corrected chi connectivity index (χ0v) is 13.1. The first-order valence-electron chi connectivity index (χ1n) is 7.03. The minimum atomic E-state index is -1.05. The van der Waals surface area contributed by atoms with Crippen molar-refractivity contribution >= 4 is 23.3 Å². The van der Waals surface area contributed by atoms with Gasteiger partial charge in [-0.2, -0.15) is 0 Å². The Kier molecular flexibility index (Phi) is 6.24. The summed E-state index contributed by atoms with van der Waals surface area (Å²) in [4.78, 5) is 33.8. The van der Waals surface area contributed by atoms with Crippen LogP contribution in [0, 0.1) is 0 Å². The average molecular weight is 306 g/mol. The second-order valence-electron chi connectivity index (χ2n) is 5.89. The number of aliphatic hydroxyl groups is 1. The standard InChI is InChI=1S/C16H22N2O4/c1-11(19)8-14(20)17-10-12-4-6-13(7-5-12)18-15(21)9-16(2,3)22/h4-7,22H,8-10H2,1-3H3,(H,17,20)(H,18,21). The number of ketones is 1. The van der Waals surface area contributed by atoms with Crippen molar-refractivity contribution in [3.63, 3.8) is 0 Å². The van der Waals surface area contributed by atoms with E-state index in [0.717, 1.165) is 5.56 Å². The lowest BCUT2D eigenvalue weighted by molar-refractivity contribution is -0.127. The minimum absolute atomic E-state index is 0.00978. The molecule has 0 aliphatic carbocycles. The van der Waals surface area contributed by atoms with Gasteiger partial charge in [0.1, 0.15) is 5.78 Å². The first-order valence-corrected chi connectivity index (χ1v) is 7.03. The first-order chi connectivity index (χ1) is 10.2. The van der Waals surface area contributed by atoms with E-state index in [1.54, 1.807) is 38.1 Å². The second kappa shape index (κ2) is 7.70. The van der Waals surface area contributed by atoms with Crippen LogP contribution in [0.5, 0.6) is 0 Å². The summed E-state index contributed by atoms with van der Waals surface area (Å²) < 4.78 is 0. The number of amides is 2. The third kappa shape index (κ3) is 7.54. The van der Waals surface area contributed by atoms with Crippen molar-refractivity contribution in [1.29, 1.82) is 0 Å². The molecule has 3 N–H and O–H groups in total. The number of carbonyl (C=O) groups excluding carboxylic acids is 3. The normalized spacial score (nSPS) is 10.9. The molecule has 22 heavy (non-hydrogen) atoms. The highest BCUT2D eigenvalue weighted by atomic mass is 16.3. The highest BCUT2D eigenvalue weighted by Crippen LogP contribution is 2.13. The van der Waals surface area contributed by atoms with E-state index in [2.05, 4.69) is 10.6 Å². The maximum atomic E-state index is 11.7. The number of anilines is 1. The zero-order valence-electron chi connectivity index (χ0n) is 13.1. The molecule has 6 nitrogen and oxygen atoms in total. The molecular weight excluding hydrogens is 284 g/mol. The third-order valence-electron chi connectivity index (χ3n) is 2.73. The molecule has 120 valence electrons. The zero-order chi connectivity index (χ0) is 16.8. The Bertz CT molecular complexity index is 544. The Morgan fingerprint density at radius 1 is 1.09 bits per heavy atom. The number of Topliss-reactive ketones (excluding diaryl/α,β-unsaturated/α-hetero) is 1. The largest absolute Gasteiger partial charge is 0.390 e.